The Morgan fingerprint density at radius 3 is 2.71 bits per heavy atom. The Labute approximate surface area is 124 Å². The molecule has 21 heavy (non-hydrogen) atoms. The van der Waals surface area contributed by atoms with Gasteiger partial charge in [-0.15, -0.1) is 0 Å². The van der Waals surface area contributed by atoms with Crippen molar-refractivity contribution >= 4 is 22.2 Å². The molecule has 2 nitrogen and oxygen atoms in total. The smallest absolute Gasteiger partial charge is 0.161 e. The van der Waals surface area contributed by atoms with E-state index in [0.29, 0.717) is 12.2 Å². The van der Waals surface area contributed by atoms with Crippen molar-refractivity contribution in [2.45, 2.75) is 33.1 Å². The predicted octanol–water partition coefficient (Wildman–Crippen LogP) is 4.45. The van der Waals surface area contributed by atoms with Gasteiger partial charge in [0.05, 0.1) is 0 Å². The van der Waals surface area contributed by atoms with Gasteiger partial charge in [0.1, 0.15) is 0 Å². The molecule has 4 rings (SSSR count). The fraction of sp³-hybridized carbons (Fsp3) is 0.316. The van der Waals surface area contributed by atoms with Crippen LogP contribution in [0, 0.1) is 5.41 Å². The van der Waals surface area contributed by atoms with Gasteiger partial charge in [0.2, 0.25) is 0 Å². The molecule has 0 aromatic heterocycles. The van der Waals surface area contributed by atoms with Gasteiger partial charge in [-0.1, -0.05) is 44.2 Å². The van der Waals surface area contributed by atoms with Gasteiger partial charge in [0, 0.05) is 29.8 Å². The Morgan fingerprint density at radius 1 is 1.05 bits per heavy atom. The van der Waals surface area contributed by atoms with Gasteiger partial charge in [0.15, 0.2) is 5.78 Å². The van der Waals surface area contributed by atoms with Crippen molar-refractivity contribution in [3.63, 3.8) is 0 Å². The maximum atomic E-state index is 12.5. The summed E-state index contributed by atoms with van der Waals surface area (Å²) in [7, 11) is 0. The van der Waals surface area contributed by atoms with Gasteiger partial charge >= 0.3 is 0 Å². The van der Waals surface area contributed by atoms with Crippen LogP contribution in [0.2, 0.25) is 0 Å². The van der Waals surface area contributed by atoms with E-state index in [1.54, 1.807) is 0 Å². The summed E-state index contributed by atoms with van der Waals surface area (Å²) in [4.78, 5) is 12.5. The van der Waals surface area contributed by atoms with E-state index in [9.17, 15) is 4.79 Å². The topological polar surface area (TPSA) is 29.1 Å². The van der Waals surface area contributed by atoms with Gasteiger partial charge in [-0.25, -0.2) is 0 Å². The molecule has 0 fully saturated rings. The lowest BCUT2D eigenvalue weighted by atomic mass is 9.73. The van der Waals surface area contributed by atoms with E-state index in [1.165, 1.54) is 16.3 Å². The molecule has 2 aromatic rings. The third kappa shape index (κ3) is 1.98. The first-order valence-electron chi connectivity index (χ1n) is 7.56. The number of carbonyl (C=O) groups excluding carboxylic acids is 1. The predicted molar refractivity (Wildman–Crippen MR) is 86.3 cm³/mol. The Kier molecular flexibility index (Phi) is 2.53. The molecule has 0 atom stereocenters. The number of ketones is 1. The summed E-state index contributed by atoms with van der Waals surface area (Å²) in [5.41, 5.74) is 4.63. The summed E-state index contributed by atoms with van der Waals surface area (Å²) >= 11 is 0. The zero-order valence-electron chi connectivity index (χ0n) is 12.5. The maximum Gasteiger partial charge on any atom is 0.161 e. The largest absolute Gasteiger partial charge is 0.358 e. The summed E-state index contributed by atoms with van der Waals surface area (Å²) in [6, 6.07) is 12.7. The molecule has 0 spiro atoms. The number of fused-ring (bicyclic) bond motifs is 3. The molecular weight excluding hydrogens is 258 g/mol. The van der Waals surface area contributed by atoms with Crippen LogP contribution in [0.5, 0.6) is 0 Å². The van der Waals surface area contributed by atoms with Crippen LogP contribution in [0.3, 0.4) is 0 Å². The first-order chi connectivity index (χ1) is 10.0. The lowest BCUT2D eigenvalue weighted by Crippen LogP contribution is -2.31. The Balaban J connectivity index is 1.86. The Morgan fingerprint density at radius 2 is 1.86 bits per heavy atom. The molecule has 2 aromatic carbocycles. The molecule has 0 unspecified atom stereocenters. The fourth-order valence-electron chi connectivity index (χ4n) is 3.67. The third-order valence-corrected chi connectivity index (χ3v) is 4.68. The summed E-state index contributed by atoms with van der Waals surface area (Å²) in [6.07, 6.45) is 2.39. The first kappa shape index (κ1) is 12.6. The molecule has 1 N–H and O–H groups in total. The van der Waals surface area contributed by atoms with Crippen LogP contribution in [0.1, 0.15) is 32.3 Å². The maximum absolute atomic E-state index is 12.5. The average Bonchev–Trinajstić information content (AvgIpc) is 2.44. The van der Waals surface area contributed by atoms with Crippen LogP contribution in [0.15, 0.2) is 47.7 Å². The van der Waals surface area contributed by atoms with Crippen LogP contribution in [0.4, 0.5) is 5.69 Å². The van der Waals surface area contributed by atoms with Crippen LogP contribution in [0.25, 0.3) is 10.8 Å². The van der Waals surface area contributed by atoms with Crippen molar-refractivity contribution < 1.29 is 4.79 Å². The second-order valence-corrected chi connectivity index (χ2v) is 7.01. The number of rotatable bonds is 0. The molecule has 106 valence electrons. The molecule has 1 heterocycles. The van der Waals surface area contributed by atoms with Crippen LogP contribution < -0.4 is 5.32 Å². The number of hydrogen-bond donors (Lipinski definition) is 1. The lowest BCUT2D eigenvalue weighted by Gasteiger charge is -2.36. The molecule has 0 saturated heterocycles. The molecular formula is C19H19NO. The molecule has 1 aliphatic carbocycles. The highest BCUT2D eigenvalue weighted by molar-refractivity contribution is 6.02. The minimum Gasteiger partial charge on any atom is -0.358 e. The van der Waals surface area contributed by atoms with E-state index in [0.717, 1.165) is 29.8 Å². The zero-order chi connectivity index (χ0) is 14.6. The van der Waals surface area contributed by atoms with E-state index in [2.05, 4.69) is 55.6 Å². The van der Waals surface area contributed by atoms with Gasteiger partial charge < -0.3 is 5.32 Å². The molecule has 0 saturated carbocycles. The van der Waals surface area contributed by atoms with Crippen molar-refractivity contribution in [2.75, 3.05) is 5.32 Å². The number of Topliss-reactive ketones (excluding diaryl/α,β-unsaturated/α-hetero) is 1. The number of hydrogen-bond acceptors (Lipinski definition) is 2. The van der Waals surface area contributed by atoms with Gasteiger partial charge in [-0.2, -0.15) is 0 Å². The second kappa shape index (κ2) is 4.20. The molecule has 1 aliphatic heterocycles. The SMILES string of the molecule is CC1(C)CC(=O)C2=C(C1)Nc1ccc3ccccc3c1C2. The second-order valence-electron chi connectivity index (χ2n) is 7.01. The molecule has 2 aliphatic rings. The van der Waals surface area contributed by atoms with Crippen LogP contribution >= 0.6 is 0 Å². The standard InChI is InChI=1S/C19H19NO/c1-19(2)10-17-15(18(21)11-19)9-14-13-6-4-3-5-12(13)7-8-16(14)20-17/h3-8,20H,9-11H2,1-2H3. The van der Waals surface area contributed by atoms with E-state index < -0.39 is 0 Å². The quantitative estimate of drug-likeness (QED) is 0.770. The van der Waals surface area contributed by atoms with Crippen molar-refractivity contribution in [1.82, 2.24) is 0 Å². The van der Waals surface area contributed by atoms with E-state index >= 15 is 0 Å². The summed E-state index contributed by atoms with van der Waals surface area (Å²) in [6.45, 7) is 4.35. The number of allylic oxidation sites excluding steroid dienone is 2. The minimum absolute atomic E-state index is 0.0667. The van der Waals surface area contributed by atoms with E-state index in [-0.39, 0.29) is 5.41 Å². The summed E-state index contributed by atoms with van der Waals surface area (Å²) in [5.74, 6) is 0.312. The van der Waals surface area contributed by atoms with Crippen molar-refractivity contribution in [3.8, 4) is 0 Å². The highest BCUT2D eigenvalue weighted by Crippen LogP contribution is 2.42. The van der Waals surface area contributed by atoms with Gasteiger partial charge in [-0.05, 0) is 34.2 Å². The number of benzene rings is 2. The van der Waals surface area contributed by atoms with E-state index in [1.807, 2.05) is 0 Å². The Bertz CT molecular complexity index is 798. The van der Waals surface area contributed by atoms with Crippen molar-refractivity contribution in [1.29, 1.82) is 0 Å². The van der Waals surface area contributed by atoms with Crippen molar-refractivity contribution in [2.24, 2.45) is 5.41 Å². The van der Waals surface area contributed by atoms with Gasteiger partial charge in [0.25, 0.3) is 0 Å². The third-order valence-electron chi connectivity index (χ3n) is 4.68. The normalized spacial score (nSPS) is 20.0. The first-order valence-corrected chi connectivity index (χ1v) is 7.56. The highest BCUT2D eigenvalue weighted by atomic mass is 16.1. The van der Waals surface area contributed by atoms with Crippen LogP contribution in [-0.2, 0) is 11.2 Å². The number of nitrogens with one attached hydrogen (secondary N) is 1. The van der Waals surface area contributed by atoms with Crippen molar-refractivity contribution in [3.05, 3.63) is 53.2 Å². The number of anilines is 1. The average molecular weight is 277 g/mol. The monoisotopic (exact) mass is 277 g/mol. The molecule has 0 bridgehead atoms. The molecule has 0 amide bonds. The fourth-order valence-corrected chi connectivity index (χ4v) is 3.67. The summed E-state index contributed by atoms with van der Waals surface area (Å²) < 4.78 is 0. The highest BCUT2D eigenvalue weighted by Gasteiger charge is 2.35. The van der Waals surface area contributed by atoms with Crippen LogP contribution in [-0.4, -0.2) is 5.78 Å². The minimum atomic E-state index is 0.0667. The lowest BCUT2D eigenvalue weighted by molar-refractivity contribution is -0.118. The zero-order valence-corrected chi connectivity index (χ0v) is 12.5. The molecule has 2 heteroatoms. The molecule has 0 radical (unpaired) electrons. The number of carbonyl (C=O) groups is 1. The van der Waals surface area contributed by atoms with E-state index in [4.69, 9.17) is 0 Å². The summed E-state index contributed by atoms with van der Waals surface area (Å²) in [5, 5.41) is 6.03. The van der Waals surface area contributed by atoms with Gasteiger partial charge in [-0.3, -0.25) is 4.79 Å². The Hall–Kier alpha value is -2.09.